The van der Waals surface area contributed by atoms with E-state index < -0.39 is 6.10 Å². The zero-order valence-electron chi connectivity index (χ0n) is 7.43. The van der Waals surface area contributed by atoms with Gasteiger partial charge in [0.2, 0.25) is 0 Å². The van der Waals surface area contributed by atoms with E-state index >= 15 is 0 Å². The number of carbonyl (C=O) groups is 1. The van der Waals surface area contributed by atoms with Crippen molar-refractivity contribution in [3.63, 3.8) is 0 Å². The molecule has 0 bridgehead atoms. The van der Waals surface area contributed by atoms with E-state index in [0.717, 1.165) is 13.4 Å². The monoisotopic (exact) mass is 176 g/mol. The SMILES string of the molecule is CC1CC(O)CC(C=O)O1.CO. The molecule has 2 N–H and O–H groups in total. The van der Waals surface area contributed by atoms with Crippen LogP contribution in [-0.2, 0) is 9.53 Å². The van der Waals surface area contributed by atoms with Gasteiger partial charge >= 0.3 is 0 Å². The Morgan fingerprint density at radius 2 is 2.00 bits per heavy atom. The molecule has 3 unspecified atom stereocenters. The predicted molar refractivity (Wildman–Crippen MR) is 43.8 cm³/mol. The summed E-state index contributed by atoms with van der Waals surface area (Å²) in [5, 5.41) is 16.1. The fraction of sp³-hybridized carbons (Fsp3) is 0.875. The standard InChI is InChI=1S/C7H12O3.CH4O/c1-5-2-6(9)3-7(4-8)10-5;1-2/h4-7,9H,2-3H2,1H3;2H,1H3. The van der Waals surface area contributed by atoms with E-state index in [1.165, 1.54) is 0 Å². The smallest absolute Gasteiger partial charge is 0.148 e. The van der Waals surface area contributed by atoms with E-state index in [1.54, 1.807) is 0 Å². The Labute approximate surface area is 72.2 Å². The zero-order chi connectivity index (χ0) is 9.56. The van der Waals surface area contributed by atoms with Crippen molar-refractivity contribution in [3.8, 4) is 0 Å². The Balaban J connectivity index is 0.000000561. The molecule has 0 saturated carbocycles. The fourth-order valence-corrected chi connectivity index (χ4v) is 1.24. The molecule has 0 radical (unpaired) electrons. The average Bonchev–Trinajstić information content (AvgIpc) is 2.06. The summed E-state index contributed by atoms with van der Waals surface area (Å²) in [4.78, 5) is 10.2. The van der Waals surface area contributed by atoms with Gasteiger partial charge in [-0.2, -0.15) is 0 Å². The van der Waals surface area contributed by atoms with Crippen LogP contribution in [0.3, 0.4) is 0 Å². The van der Waals surface area contributed by atoms with Gasteiger partial charge in [0.1, 0.15) is 12.4 Å². The van der Waals surface area contributed by atoms with Crippen LogP contribution in [0.1, 0.15) is 19.8 Å². The second kappa shape index (κ2) is 6.11. The van der Waals surface area contributed by atoms with E-state index in [2.05, 4.69) is 0 Å². The predicted octanol–water partition coefficient (Wildman–Crippen LogP) is -0.278. The molecule has 0 aromatic heterocycles. The lowest BCUT2D eigenvalue weighted by atomic mass is 10.0. The number of aliphatic hydroxyl groups is 2. The van der Waals surface area contributed by atoms with Gasteiger partial charge in [0.25, 0.3) is 0 Å². The van der Waals surface area contributed by atoms with Crippen LogP contribution in [0.15, 0.2) is 0 Å². The van der Waals surface area contributed by atoms with Gasteiger partial charge in [-0.05, 0) is 13.3 Å². The van der Waals surface area contributed by atoms with Crippen LogP contribution < -0.4 is 0 Å². The van der Waals surface area contributed by atoms with Crippen molar-refractivity contribution < 1.29 is 19.7 Å². The minimum absolute atomic E-state index is 0.0129. The molecule has 0 spiro atoms. The summed E-state index contributed by atoms with van der Waals surface area (Å²) in [6.07, 6.45) is 1.11. The summed E-state index contributed by atoms with van der Waals surface area (Å²) in [6, 6.07) is 0. The van der Waals surface area contributed by atoms with E-state index in [0.29, 0.717) is 12.8 Å². The maximum absolute atomic E-state index is 10.2. The lowest BCUT2D eigenvalue weighted by Gasteiger charge is -2.27. The van der Waals surface area contributed by atoms with Gasteiger partial charge in [-0.15, -0.1) is 0 Å². The van der Waals surface area contributed by atoms with Gasteiger partial charge in [-0.1, -0.05) is 0 Å². The lowest BCUT2D eigenvalue weighted by molar-refractivity contribution is -0.133. The highest BCUT2D eigenvalue weighted by Crippen LogP contribution is 2.17. The lowest BCUT2D eigenvalue weighted by Crippen LogP contribution is -2.34. The van der Waals surface area contributed by atoms with Crippen molar-refractivity contribution >= 4 is 6.29 Å². The fourth-order valence-electron chi connectivity index (χ4n) is 1.24. The van der Waals surface area contributed by atoms with E-state index in [1.807, 2.05) is 6.92 Å². The molecule has 0 aromatic rings. The third-order valence-electron chi connectivity index (χ3n) is 1.67. The van der Waals surface area contributed by atoms with Crippen LogP contribution in [0.2, 0.25) is 0 Å². The third-order valence-corrected chi connectivity index (χ3v) is 1.67. The van der Waals surface area contributed by atoms with Crippen molar-refractivity contribution in [1.82, 2.24) is 0 Å². The number of hydrogen-bond donors (Lipinski definition) is 2. The average molecular weight is 176 g/mol. The number of aldehydes is 1. The quantitative estimate of drug-likeness (QED) is 0.539. The van der Waals surface area contributed by atoms with E-state index in [4.69, 9.17) is 14.9 Å². The van der Waals surface area contributed by atoms with Gasteiger partial charge in [-0.25, -0.2) is 0 Å². The summed E-state index contributed by atoms with van der Waals surface area (Å²) >= 11 is 0. The molecule has 12 heavy (non-hydrogen) atoms. The maximum Gasteiger partial charge on any atom is 0.148 e. The van der Waals surface area contributed by atoms with Crippen molar-refractivity contribution in [3.05, 3.63) is 0 Å². The Morgan fingerprint density at radius 3 is 2.42 bits per heavy atom. The number of hydrogen-bond acceptors (Lipinski definition) is 4. The molecule has 4 heteroatoms. The Morgan fingerprint density at radius 1 is 1.42 bits per heavy atom. The molecule has 1 aliphatic rings. The molecule has 1 saturated heterocycles. The van der Waals surface area contributed by atoms with E-state index in [-0.39, 0.29) is 12.2 Å². The second-order valence-corrected chi connectivity index (χ2v) is 2.75. The maximum atomic E-state index is 10.2. The van der Waals surface area contributed by atoms with Crippen LogP contribution >= 0.6 is 0 Å². The Kier molecular flexibility index (Phi) is 5.88. The van der Waals surface area contributed by atoms with Crippen LogP contribution in [0.4, 0.5) is 0 Å². The molecule has 72 valence electrons. The summed E-state index contributed by atoms with van der Waals surface area (Å²) < 4.78 is 5.18. The summed E-state index contributed by atoms with van der Waals surface area (Å²) in [5.41, 5.74) is 0. The molecular formula is C8H16O4. The summed E-state index contributed by atoms with van der Waals surface area (Å²) in [5.74, 6) is 0. The molecule has 3 atom stereocenters. The minimum Gasteiger partial charge on any atom is -0.400 e. The number of aliphatic hydroxyl groups excluding tert-OH is 2. The molecule has 0 aromatic carbocycles. The second-order valence-electron chi connectivity index (χ2n) is 2.75. The molecular weight excluding hydrogens is 160 g/mol. The Bertz CT molecular complexity index is 116. The van der Waals surface area contributed by atoms with Crippen molar-refractivity contribution in [2.45, 2.75) is 38.1 Å². The number of rotatable bonds is 1. The molecule has 1 rings (SSSR count). The molecule has 0 aliphatic carbocycles. The van der Waals surface area contributed by atoms with Crippen molar-refractivity contribution in [1.29, 1.82) is 0 Å². The first kappa shape index (κ1) is 11.6. The van der Waals surface area contributed by atoms with Crippen molar-refractivity contribution in [2.24, 2.45) is 0 Å². The van der Waals surface area contributed by atoms with E-state index in [9.17, 15) is 4.79 Å². The van der Waals surface area contributed by atoms with Gasteiger partial charge in [0.15, 0.2) is 0 Å². The normalized spacial score (nSPS) is 34.8. The van der Waals surface area contributed by atoms with Crippen LogP contribution in [0, 0.1) is 0 Å². The molecule has 1 heterocycles. The Hall–Kier alpha value is -0.450. The van der Waals surface area contributed by atoms with Crippen LogP contribution in [0.25, 0.3) is 0 Å². The van der Waals surface area contributed by atoms with Gasteiger partial charge in [-0.3, -0.25) is 0 Å². The summed E-state index contributed by atoms with van der Waals surface area (Å²) in [7, 11) is 1.00. The van der Waals surface area contributed by atoms with Gasteiger partial charge in [0, 0.05) is 13.5 Å². The zero-order valence-corrected chi connectivity index (χ0v) is 7.43. The number of carbonyl (C=O) groups excluding carboxylic acids is 1. The van der Waals surface area contributed by atoms with Crippen LogP contribution in [-0.4, -0.2) is 41.9 Å². The molecule has 1 aliphatic heterocycles. The van der Waals surface area contributed by atoms with Crippen molar-refractivity contribution in [2.75, 3.05) is 7.11 Å². The molecule has 1 fully saturated rings. The number of ether oxygens (including phenoxy) is 1. The molecule has 4 nitrogen and oxygen atoms in total. The van der Waals surface area contributed by atoms with Crippen LogP contribution in [0.5, 0.6) is 0 Å². The first-order valence-electron chi connectivity index (χ1n) is 3.96. The first-order valence-corrected chi connectivity index (χ1v) is 3.96. The highest BCUT2D eigenvalue weighted by atomic mass is 16.5. The first-order chi connectivity index (χ1) is 5.72. The third kappa shape index (κ3) is 3.80. The van der Waals surface area contributed by atoms with Gasteiger partial charge in [0.05, 0.1) is 12.2 Å². The highest BCUT2D eigenvalue weighted by Gasteiger charge is 2.24. The minimum atomic E-state index is -0.390. The topological polar surface area (TPSA) is 66.8 Å². The highest BCUT2D eigenvalue weighted by molar-refractivity contribution is 5.56. The molecule has 0 amide bonds. The summed E-state index contributed by atoms with van der Waals surface area (Å²) in [6.45, 7) is 1.86. The largest absolute Gasteiger partial charge is 0.400 e. The van der Waals surface area contributed by atoms with Gasteiger partial charge < -0.3 is 19.7 Å².